The van der Waals surface area contributed by atoms with Gasteiger partial charge in [0.25, 0.3) is 0 Å². The summed E-state index contributed by atoms with van der Waals surface area (Å²) in [5.41, 5.74) is 2.38. The highest BCUT2D eigenvalue weighted by Crippen LogP contribution is 2.25. The summed E-state index contributed by atoms with van der Waals surface area (Å²) in [4.78, 5) is 3.97. The molecule has 0 saturated carbocycles. The van der Waals surface area contributed by atoms with Gasteiger partial charge in [0.1, 0.15) is 12.3 Å². The fourth-order valence-corrected chi connectivity index (χ4v) is 2.86. The van der Waals surface area contributed by atoms with Gasteiger partial charge in [0.05, 0.1) is 0 Å². The van der Waals surface area contributed by atoms with E-state index in [9.17, 15) is 0 Å². The molecule has 2 N–H and O–H groups in total. The molecule has 1 aromatic carbocycles. The molecular weight excluding hydrogens is 248 g/mol. The Bertz CT molecular complexity index is 500. The van der Waals surface area contributed by atoms with Crippen LogP contribution in [-0.4, -0.2) is 36.0 Å². The summed E-state index contributed by atoms with van der Waals surface area (Å²) in [6.45, 7) is 3.62. The van der Waals surface area contributed by atoms with Gasteiger partial charge in [-0.2, -0.15) is 0 Å². The van der Waals surface area contributed by atoms with Gasteiger partial charge in [-0.25, -0.2) is 0 Å². The fourth-order valence-electron chi connectivity index (χ4n) is 2.86. The lowest BCUT2D eigenvalue weighted by Gasteiger charge is -2.23. The fraction of sp³-hybridized carbons (Fsp3) is 0.375. The Kier molecular flexibility index (Phi) is 3.52. The van der Waals surface area contributed by atoms with Crippen LogP contribution in [0.15, 0.2) is 24.3 Å². The maximum atomic E-state index is 5.52. The Morgan fingerprint density at radius 2 is 1.25 bits per heavy atom. The summed E-state index contributed by atoms with van der Waals surface area (Å²) < 4.78 is 0. The van der Waals surface area contributed by atoms with E-state index in [-0.39, 0.29) is 12.3 Å². The molecule has 2 heterocycles. The number of benzene rings is 1. The molecule has 20 heavy (non-hydrogen) atoms. The Hall–Kier alpha value is -2.14. The second kappa shape index (κ2) is 5.46. The van der Waals surface area contributed by atoms with Gasteiger partial charge < -0.3 is 9.80 Å². The van der Waals surface area contributed by atoms with Gasteiger partial charge in [-0.1, -0.05) is 37.1 Å². The van der Waals surface area contributed by atoms with Crippen LogP contribution in [-0.2, 0) is 0 Å². The minimum Gasteiger partial charge on any atom is -0.311 e. The number of nitrogens with zero attached hydrogens (tertiary/aromatic N) is 2. The van der Waals surface area contributed by atoms with Crippen molar-refractivity contribution in [2.24, 2.45) is 0 Å². The molecule has 102 valence electrons. The van der Waals surface area contributed by atoms with Gasteiger partial charge in [-0.3, -0.25) is 10.6 Å². The van der Waals surface area contributed by atoms with Gasteiger partial charge in [-0.15, -0.1) is 0 Å². The quantitative estimate of drug-likeness (QED) is 0.771. The molecule has 2 fully saturated rings. The topological polar surface area (TPSA) is 30.5 Å². The van der Waals surface area contributed by atoms with Crippen LogP contribution in [0.4, 0.5) is 0 Å². The van der Waals surface area contributed by atoms with E-state index in [0.29, 0.717) is 0 Å². The molecule has 0 aromatic heterocycles. The molecule has 3 rings (SSSR count). The van der Waals surface area contributed by atoms with Gasteiger partial charge in [-0.05, 0) is 11.1 Å². The van der Waals surface area contributed by atoms with E-state index in [1.807, 2.05) is 9.80 Å². The zero-order chi connectivity index (χ0) is 13.9. The van der Waals surface area contributed by atoms with Gasteiger partial charge in [0, 0.05) is 38.3 Å². The molecule has 4 heteroatoms. The monoisotopic (exact) mass is 266 g/mol. The van der Waals surface area contributed by atoms with E-state index < -0.39 is 0 Å². The smallest absolute Gasteiger partial charge is 0.113 e. The maximum absolute atomic E-state index is 5.52. The molecule has 2 unspecified atom stereocenters. The second-order valence-corrected chi connectivity index (χ2v) is 5.02. The van der Waals surface area contributed by atoms with Crippen molar-refractivity contribution in [3.63, 3.8) is 0 Å². The van der Waals surface area contributed by atoms with Crippen LogP contribution in [0.5, 0.6) is 0 Å². The molecule has 0 amide bonds. The van der Waals surface area contributed by atoms with Crippen LogP contribution in [0.2, 0.25) is 0 Å². The molecule has 0 bridgehead atoms. The predicted molar refractivity (Wildman–Crippen MR) is 79.0 cm³/mol. The summed E-state index contributed by atoms with van der Waals surface area (Å²) in [7, 11) is 0. The van der Waals surface area contributed by atoms with Gasteiger partial charge in [0.15, 0.2) is 0 Å². The SMILES string of the molecule is C#CN1CCNC1c1ccc(C2NCCN2C#C)cc1. The highest BCUT2D eigenvalue weighted by atomic mass is 15.3. The van der Waals surface area contributed by atoms with Gasteiger partial charge >= 0.3 is 0 Å². The van der Waals surface area contributed by atoms with Crippen LogP contribution >= 0.6 is 0 Å². The lowest BCUT2D eigenvalue weighted by molar-refractivity contribution is 0.355. The van der Waals surface area contributed by atoms with Crippen molar-refractivity contribution in [2.45, 2.75) is 12.3 Å². The molecular formula is C16H18N4. The van der Waals surface area contributed by atoms with Gasteiger partial charge in [0.2, 0.25) is 0 Å². The molecule has 2 aliphatic heterocycles. The maximum Gasteiger partial charge on any atom is 0.113 e. The van der Waals surface area contributed by atoms with Crippen LogP contribution in [0, 0.1) is 24.9 Å². The van der Waals surface area contributed by atoms with E-state index in [1.165, 1.54) is 11.1 Å². The summed E-state index contributed by atoms with van der Waals surface area (Å²) in [5.74, 6) is 0. The average molecular weight is 266 g/mol. The Morgan fingerprint density at radius 3 is 1.60 bits per heavy atom. The zero-order valence-corrected chi connectivity index (χ0v) is 11.3. The minimum absolute atomic E-state index is 0.120. The largest absolute Gasteiger partial charge is 0.311 e. The van der Waals surface area contributed by atoms with Crippen molar-refractivity contribution in [1.82, 2.24) is 20.4 Å². The van der Waals surface area contributed by atoms with Crippen molar-refractivity contribution in [3.8, 4) is 24.9 Å². The number of nitrogens with one attached hydrogen (secondary N) is 2. The highest BCUT2D eigenvalue weighted by molar-refractivity contribution is 5.29. The Balaban J connectivity index is 1.78. The first-order chi connectivity index (χ1) is 9.83. The third-order valence-electron chi connectivity index (χ3n) is 3.90. The van der Waals surface area contributed by atoms with Crippen LogP contribution in [0.25, 0.3) is 0 Å². The standard InChI is InChI=1S/C16H18N4/c1-3-19-11-9-17-15(19)13-5-7-14(8-6-13)16-18-10-12-20(16)4-2/h1-2,5-8,15-18H,9-12H2. The average Bonchev–Trinajstić information content (AvgIpc) is 3.15. The first kappa shape index (κ1) is 12.9. The van der Waals surface area contributed by atoms with Crippen molar-refractivity contribution in [2.75, 3.05) is 26.2 Å². The second-order valence-electron chi connectivity index (χ2n) is 5.02. The first-order valence-corrected chi connectivity index (χ1v) is 6.86. The zero-order valence-electron chi connectivity index (χ0n) is 11.3. The molecule has 1 aromatic rings. The first-order valence-electron chi connectivity index (χ1n) is 6.86. The molecule has 0 spiro atoms. The number of hydrogen-bond acceptors (Lipinski definition) is 4. The van der Waals surface area contributed by atoms with E-state index >= 15 is 0 Å². The molecule has 4 nitrogen and oxygen atoms in total. The van der Waals surface area contributed by atoms with Crippen LogP contribution < -0.4 is 10.6 Å². The highest BCUT2D eigenvalue weighted by Gasteiger charge is 2.25. The third-order valence-corrected chi connectivity index (χ3v) is 3.90. The van der Waals surface area contributed by atoms with Crippen LogP contribution in [0.1, 0.15) is 23.5 Å². The predicted octanol–water partition coefficient (Wildman–Crippen LogP) is 0.676. The van der Waals surface area contributed by atoms with Crippen molar-refractivity contribution < 1.29 is 0 Å². The molecule has 0 radical (unpaired) electrons. The molecule has 0 aliphatic carbocycles. The Labute approximate surface area is 120 Å². The number of hydrogen-bond donors (Lipinski definition) is 2. The lowest BCUT2D eigenvalue weighted by Crippen LogP contribution is -2.25. The van der Waals surface area contributed by atoms with Crippen molar-refractivity contribution in [3.05, 3.63) is 35.4 Å². The molecule has 2 aliphatic rings. The van der Waals surface area contributed by atoms with Crippen molar-refractivity contribution in [1.29, 1.82) is 0 Å². The normalized spacial score (nSPS) is 25.5. The third kappa shape index (κ3) is 2.20. The Morgan fingerprint density at radius 1 is 0.850 bits per heavy atom. The van der Waals surface area contributed by atoms with E-state index in [0.717, 1.165) is 26.2 Å². The molecule has 2 atom stereocenters. The summed E-state index contributed by atoms with van der Waals surface area (Å²) in [6, 6.07) is 13.9. The van der Waals surface area contributed by atoms with E-state index in [4.69, 9.17) is 12.8 Å². The summed E-state index contributed by atoms with van der Waals surface area (Å²) in [5, 5.41) is 6.82. The van der Waals surface area contributed by atoms with E-state index in [2.05, 4.69) is 47.0 Å². The summed E-state index contributed by atoms with van der Waals surface area (Å²) in [6.07, 6.45) is 11.3. The van der Waals surface area contributed by atoms with E-state index in [1.54, 1.807) is 0 Å². The number of rotatable bonds is 2. The number of terminal acetylenes is 2. The van der Waals surface area contributed by atoms with Crippen LogP contribution in [0.3, 0.4) is 0 Å². The van der Waals surface area contributed by atoms with Crippen molar-refractivity contribution >= 4 is 0 Å². The molecule has 2 saturated heterocycles. The minimum atomic E-state index is 0.120. The lowest BCUT2D eigenvalue weighted by atomic mass is 10.1. The summed E-state index contributed by atoms with van der Waals surface area (Å²) >= 11 is 0.